The van der Waals surface area contributed by atoms with E-state index in [1.54, 1.807) is 6.92 Å². The highest BCUT2D eigenvalue weighted by atomic mass is 19.1. The third-order valence-electron chi connectivity index (χ3n) is 0.581. The first kappa shape index (κ1) is 8.14. The van der Waals surface area contributed by atoms with Crippen LogP contribution in [0.15, 0.2) is 12.2 Å². The molecule has 9 heavy (non-hydrogen) atoms. The maximum atomic E-state index is 11.8. The summed E-state index contributed by atoms with van der Waals surface area (Å²) >= 11 is 0. The molecule has 0 aromatic carbocycles. The molecule has 0 aromatic rings. The zero-order valence-corrected chi connectivity index (χ0v) is 5.43. The van der Waals surface area contributed by atoms with E-state index in [-0.39, 0.29) is 0 Å². The van der Waals surface area contributed by atoms with E-state index < -0.39 is 12.3 Å². The molecule has 0 aromatic heterocycles. The van der Waals surface area contributed by atoms with Gasteiger partial charge in [0.1, 0.15) is 0 Å². The molecule has 0 radical (unpaired) electrons. The first-order chi connectivity index (χ1) is 4.16. The van der Waals surface area contributed by atoms with Gasteiger partial charge in [-0.15, -0.1) is 0 Å². The van der Waals surface area contributed by atoms with Gasteiger partial charge in [-0.3, -0.25) is 0 Å². The number of esters is 1. The molecular formula is C6H9FO2. The van der Waals surface area contributed by atoms with Crippen LogP contribution in [0.25, 0.3) is 0 Å². The fourth-order valence-corrected chi connectivity index (χ4v) is 0.335. The van der Waals surface area contributed by atoms with Gasteiger partial charge in [0.2, 0.25) is 6.36 Å². The summed E-state index contributed by atoms with van der Waals surface area (Å²) in [7, 11) is 0. The molecule has 0 aliphatic carbocycles. The van der Waals surface area contributed by atoms with Crippen LogP contribution in [0.2, 0.25) is 0 Å². The third kappa shape index (κ3) is 5.00. The molecule has 0 spiro atoms. The molecule has 52 valence electrons. The van der Waals surface area contributed by atoms with Crippen LogP contribution in [-0.4, -0.2) is 12.3 Å². The van der Waals surface area contributed by atoms with Gasteiger partial charge in [-0.05, 0) is 6.92 Å². The Morgan fingerprint density at radius 2 is 2.33 bits per heavy atom. The summed E-state index contributed by atoms with van der Waals surface area (Å²) in [5, 5.41) is 0. The Hall–Kier alpha value is -0.860. The minimum Gasteiger partial charge on any atom is -0.428 e. The Balaban J connectivity index is 3.51. The number of hydrogen-bond donors (Lipinski definition) is 0. The molecule has 0 fully saturated rings. The molecule has 0 bridgehead atoms. The average molecular weight is 132 g/mol. The minimum atomic E-state index is -1.52. The van der Waals surface area contributed by atoms with E-state index in [1.165, 1.54) is 6.08 Å². The van der Waals surface area contributed by atoms with Crippen LogP contribution in [-0.2, 0) is 9.53 Å². The van der Waals surface area contributed by atoms with Crippen molar-refractivity contribution in [3.05, 3.63) is 12.2 Å². The lowest BCUT2D eigenvalue weighted by Gasteiger charge is -1.99. The average Bonchev–Trinajstić information content (AvgIpc) is 1.63. The number of carbonyl (C=O) groups is 1. The van der Waals surface area contributed by atoms with Crippen LogP contribution in [0.3, 0.4) is 0 Å². The smallest absolute Gasteiger partial charge is 0.332 e. The molecule has 0 N–H and O–H groups in total. The summed E-state index contributed by atoms with van der Waals surface area (Å²) < 4.78 is 15.9. The number of rotatable bonds is 2. The molecule has 1 atom stereocenters. The quantitative estimate of drug-likeness (QED) is 0.419. The molecule has 0 amide bonds. The topological polar surface area (TPSA) is 26.3 Å². The summed E-state index contributed by atoms with van der Waals surface area (Å²) in [6.07, 6.45) is 1.13. The van der Waals surface area contributed by atoms with Crippen LogP contribution in [0.5, 0.6) is 0 Å². The van der Waals surface area contributed by atoms with Gasteiger partial charge in [0.05, 0.1) is 0 Å². The van der Waals surface area contributed by atoms with Gasteiger partial charge in [0.15, 0.2) is 0 Å². The van der Waals surface area contributed by atoms with E-state index in [9.17, 15) is 9.18 Å². The van der Waals surface area contributed by atoms with Gasteiger partial charge in [0, 0.05) is 13.0 Å². The Morgan fingerprint density at radius 1 is 1.78 bits per heavy atom. The lowest BCUT2D eigenvalue weighted by Crippen LogP contribution is -2.06. The van der Waals surface area contributed by atoms with Crippen molar-refractivity contribution in [3.63, 3.8) is 0 Å². The third-order valence-corrected chi connectivity index (χ3v) is 0.581. The molecule has 0 heterocycles. The Kier molecular flexibility index (Phi) is 3.67. The van der Waals surface area contributed by atoms with Crippen LogP contribution >= 0.6 is 0 Å². The highest BCUT2D eigenvalue weighted by molar-refractivity contribution is 5.81. The lowest BCUT2D eigenvalue weighted by atomic mass is 10.5. The monoisotopic (exact) mass is 132 g/mol. The van der Waals surface area contributed by atoms with E-state index >= 15 is 0 Å². The number of ether oxygens (including phenoxy) is 1. The van der Waals surface area contributed by atoms with Crippen LogP contribution < -0.4 is 0 Å². The second-order valence-corrected chi connectivity index (χ2v) is 1.48. The van der Waals surface area contributed by atoms with Crippen molar-refractivity contribution in [1.29, 1.82) is 0 Å². The summed E-state index contributed by atoms with van der Waals surface area (Å²) in [4.78, 5) is 10.3. The number of allylic oxidation sites excluding steroid dienone is 1. The van der Waals surface area contributed by atoms with Gasteiger partial charge in [-0.25, -0.2) is 9.18 Å². The van der Waals surface area contributed by atoms with E-state index in [0.29, 0.717) is 0 Å². The number of hydrogen-bond acceptors (Lipinski definition) is 2. The largest absolute Gasteiger partial charge is 0.428 e. The zero-order valence-electron chi connectivity index (χ0n) is 5.43. The number of halogens is 1. The second-order valence-electron chi connectivity index (χ2n) is 1.48. The summed E-state index contributed by atoms with van der Waals surface area (Å²) in [6, 6.07) is 0. The van der Waals surface area contributed by atoms with E-state index in [4.69, 9.17) is 0 Å². The summed E-state index contributed by atoms with van der Waals surface area (Å²) in [5.74, 6) is -0.646. The van der Waals surface area contributed by atoms with E-state index in [2.05, 4.69) is 4.74 Å². The predicted octanol–water partition coefficient (Wildman–Crippen LogP) is 1.42. The first-order valence-electron chi connectivity index (χ1n) is 2.64. The molecular weight excluding hydrogens is 123 g/mol. The van der Waals surface area contributed by atoms with E-state index in [0.717, 1.165) is 13.0 Å². The Labute approximate surface area is 53.3 Å². The molecule has 3 heteroatoms. The fraction of sp³-hybridized carbons (Fsp3) is 0.500. The van der Waals surface area contributed by atoms with Crippen LogP contribution in [0.1, 0.15) is 13.8 Å². The van der Waals surface area contributed by atoms with Gasteiger partial charge in [-0.1, -0.05) is 6.08 Å². The standard InChI is InChI=1S/C6H9FO2/c1-3-4-6(8)9-5(2)7/h3-5H,1-2H3. The van der Waals surface area contributed by atoms with Crippen molar-refractivity contribution >= 4 is 5.97 Å². The van der Waals surface area contributed by atoms with Crippen LogP contribution in [0.4, 0.5) is 4.39 Å². The Morgan fingerprint density at radius 3 is 2.67 bits per heavy atom. The van der Waals surface area contributed by atoms with E-state index in [1.807, 2.05) is 0 Å². The summed E-state index contributed by atoms with van der Waals surface area (Å²) in [5.41, 5.74) is 0. The fourth-order valence-electron chi connectivity index (χ4n) is 0.335. The lowest BCUT2D eigenvalue weighted by molar-refractivity contribution is -0.149. The molecule has 1 unspecified atom stereocenters. The zero-order chi connectivity index (χ0) is 7.28. The normalized spacial score (nSPS) is 13.7. The highest BCUT2D eigenvalue weighted by Crippen LogP contribution is 1.91. The SMILES string of the molecule is CC=CC(=O)OC(C)F. The molecule has 0 aliphatic rings. The number of carbonyl (C=O) groups excluding carboxylic acids is 1. The van der Waals surface area contributed by atoms with Crippen molar-refractivity contribution in [2.75, 3.05) is 0 Å². The van der Waals surface area contributed by atoms with Crippen molar-refractivity contribution in [2.24, 2.45) is 0 Å². The van der Waals surface area contributed by atoms with Gasteiger partial charge >= 0.3 is 5.97 Å². The highest BCUT2D eigenvalue weighted by Gasteiger charge is 2.00. The Bertz CT molecular complexity index is 118. The molecule has 2 nitrogen and oxygen atoms in total. The maximum absolute atomic E-state index is 11.8. The second kappa shape index (κ2) is 4.06. The minimum absolute atomic E-state index is 0.646. The molecule has 0 aliphatic heterocycles. The molecule has 0 rings (SSSR count). The van der Waals surface area contributed by atoms with Crippen molar-refractivity contribution in [3.8, 4) is 0 Å². The van der Waals surface area contributed by atoms with Crippen molar-refractivity contribution < 1.29 is 13.9 Å². The van der Waals surface area contributed by atoms with Crippen molar-refractivity contribution in [1.82, 2.24) is 0 Å². The van der Waals surface area contributed by atoms with Gasteiger partial charge in [-0.2, -0.15) is 0 Å². The maximum Gasteiger partial charge on any atom is 0.332 e. The van der Waals surface area contributed by atoms with Gasteiger partial charge in [0.25, 0.3) is 0 Å². The summed E-state index contributed by atoms with van der Waals surface area (Å²) in [6.45, 7) is 2.81. The first-order valence-corrected chi connectivity index (χ1v) is 2.64. The van der Waals surface area contributed by atoms with Gasteiger partial charge < -0.3 is 4.74 Å². The predicted molar refractivity (Wildman–Crippen MR) is 31.5 cm³/mol. The number of alkyl halides is 1. The molecule has 0 saturated heterocycles. The van der Waals surface area contributed by atoms with Crippen LogP contribution in [0, 0.1) is 0 Å². The molecule has 0 saturated carbocycles. The van der Waals surface area contributed by atoms with Crippen molar-refractivity contribution in [2.45, 2.75) is 20.2 Å².